The van der Waals surface area contributed by atoms with Crippen LogP contribution in [0.25, 0.3) is 0 Å². The number of nitrogens with two attached hydrogens (primary N) is 1. The summed E-state index contributed by atoms with van der Waals surface area (Å²) in [5, 5.41) is 3.46. The Kier molecular flexibility index (Phi) is 3.23. The van der Waals surface area contributed by atoms with Crippen LogP contribution >= 0.6 is 0 Å². The van der Waals surface area contributed by atoms with Crippen molar-refractivity contribution in [1.82, 2.24) is 5.32 Å². The molecule has 0 bridgehead atoms. The summed E-state index contributed by atoms with van der Waals surface area (Å²) < 4.78 is 0. The Hall–Kier alpha value is -0.0800. The second-order valence-electron chi connectivity index (χ2n) is 4.81. The van der Waals surface area contributed by atoms with Crippen molar-refractivity contribution in [2.24, 2.45) is 17.6 Å². The monoisotopic (exact) mass is 182 g/mol. The maximum atomic E-state index is 5.97. The molecule has 0 radical (unpaired) electrons. The third-order valence-corrected chi connectivity index (χ3v) is 3.74. The van der Waals surface area contributed by atoms with E-state index in [2.05, 4.69) is 5.32 Å². The van der Waals surface area contributed by atoms with Gasteiger partial charge in [-0.15, -0.1) is 0 Å². The van der Waals surface area contributed by atoms with Crippen molar-refractivity contribution in [2.45, 2.75) is 44.6 Å². The number of hydrogen-bond donors (Lipinski definition) is 2. The normalized spacial score (nSPS) is 37.6. The summed E-state index contributed by atoms with van der Waals surface area (Å²) in [6.07, 6.45) is 8.55. The van der Waals surface area contributed by atoms with Gasteiger partial charge in [0, 0.05) is 12.6 Å². The lowest BCUT2D eigenvalue weighted by atomic mass is 9.76. The van der Waals surface area contributed by atoms with Gasteiger partial charge in [0.15, 0.2) is 0 Å². The van der Waals surface area contributed by atoms with Crippen LogP contribution in [0.15, 0.2) is 0 Å². The lowest BCUT2D eigenvalue weighted by Gasteiger charge is -2.35. The molecule has 0 spiro atoms. The van der Waals surface area contributed by atoms with Crippen LogP contribution in [-0.2, 0) is 0 Å². The molecular formula is C11H22N2. The van der Waals surface area contributed by atoms with E-state index in [0.717, 1.165) is 18.4 Å². The Morgan fingerprint density at radius 1 is 0.923 bits per heavy atom. The summed E-state index contributed by atoms with van der Waals surface area (Å²) >= 11 is 0. The summed E-state index contributed by atoms with van der Waals surface area (Å²) in [4.78, 5) is 0. The molecule has 0 aromatic carbocycles. The zero-order valence-electron chi connectivity index (χ0n) is 8.47. The van der Waals surface area contributed by atoms with E-state index in [4.69, 9.17) is 5.73 Å². The van der Waals surface area contributed by atoms with Crippen LogP contribution < -0.4 is 11.1 Å². The van der Waals surface area contributed by atoms with E-state index in [9.17, 15) is 0 Å². The van der Waals surface area contributed by atoms with Gasteiger partial charge < -0.3 is 11.1 Å². The molecule has 1 heterocycles. The SMILES string of the molecule is NC1CNCC(C2CCCCC2)C1. The quantitative estimate of drug-likeness (QED) is 0.645. The first-order valence-corrected chi connectivity index (χ1v) is 5.82. The maximum absolute atomic E-state index is 5.97. The minimum Gasteiger partial charge on any atom is -0.327 e. The lowest BCUT2D eigenvalue weighted by Crippen LogP contribution is -2.46. The third-order valence-electron chi connectivity index (χ3n) is 3.74. The van der Waals surface area contributed by atoms with Crippen molar-refractivity contribution in [3.8, 4) is 0 Å². The van der Waals surface area contributed by atoms with Crippen molar-refractivity contribution >= 4 is 0 Å². The summed E-state index contributed by atoms with van der Waals surface area (Å²) in [7, 11) is 0. The van der Waals surface area contributed by atoms with Crippen molar-refractivity contribution in [2.75, 3.05) is 13.1 Å². The lowest BCUT2D eigenvalue weighted by molar-refractivity contribution is 0.196. The first-order chi connectivity index (χ1) is 6.36. The van der Waals surface area contributed by atoms with Crippen LogP contribution in [0.2, 0.25) is 0 Å². The summed E-state index contributed by atoms with van der Waals surface area (Å²) in [5.41, 5.74) is 5.97. The molecule has 3 N–H and O–H groups in total. The van der Waals surface area contributed by atoms with Crippen molar-refractivity contribution in [3.05, 3.63) is 0 Å². The van der Waals surface area contributed by atoms with Crippen LogP contribution in [0.3, 0.4) is 0 Å². The van der Waals surface area contributed by atoms with E-state index in [1.165, 1.54) is 45.1 Å². The minimum atomic E-state index is 0.417. The van der Waals surface area contributed by atoms with E-state index in [1.54, 1.807) is 0 Å². The standard InChI is InChI=1S/C11H22N2/c12-11-6-10(7-13-8-11)9-4-2-1-3-5-9/h9-11,13H,1-8,12H2. The molecule has 0 aromatic rings. The summed E-state index contributed by atoms with van der Waals surface area (Å²) in [6.45, 7) is 2.25. The molecule has 1 aliphatic carbocycles. The Labute approximate surface area is 81.3 Å². The fourth-order valence-electron chi connectivity index (χ4n) is 2.97. The van der Waals surface area contributed by atoms with Crippen LogP contribution in [0.1, 0.15) is 38.5 Å². The second-order valence-corrected chi connectivity index (χ2v) is 4.81. The van der Waals surface area contributed by atoms with Crippen molar-refractivity contribution < 1.29 is 0 Å². The molecule has 0 aromatic heterocycles. The Bertz CT molecular complexity index is 152. The Morgan fingerprint density at radius 2 is 1.69 bits per heavy atom. The fraction of sp³-hybridized carbons (Fsp3) is 1.00. The van der Waals surface area contributed by atoms with Gasteiger partial charge in [0.1, 0.15) is 0 Å². The van der Waals surface area contributed by atoms with E-state index in [1.807, 2.05) is 0 Å². The number of rotatable bonds is 1. The first-order valence-electron chi connectivity index (χ1n) is 5.82. The summed E-state index contributed by atoms with van der Waals surface area (Å²) in [5.74, 6) is 1.86. The molecule has 76 valence electrons. The Balaban J connectivity index is 1.83. The molecule has 13 heavy (non-hydrogen) atoms. The topological polar surface area (TPSA) is 38.0 Å². The van der Waals surface area contributed by atoms with Crippen molar-refractivity contribution in [3.63, 3.8) is 0 Å². The van der Waals surface area contributed by atoms with Gasteiger partial charge in [-0.1, -0.05) is 32.1 Å². The molecular weight excluding hydrogens is 160 g/mol. The molecule has 1 saturated heterocycles. The second kappa shape index (κ2) is 4.43. The zero-order chi connectivity index (χ0) is 9.10. The number of piperidine rings is 1. The van der Waals surface area contributed by atoms with Crippen LogP contribution in [0.5, 0.6) is 0 Å². The predicted molar refractivity (Wildman–Crippen MR) is 55.5 cm³/mol. The molecule has 2 aliphatic rings. The highest BCUT2D eigenvalue weighted by molar-refractivity contribution is 4.83. The molecule has 2 rings (SSSR count). The van der Waals surface area contributed by atoms with E-state index >= 15 is 0 Å². The molecule has 2 heteroatoms. The molecule has 2 unspecified atom stereocenters. The molecule has 2 nitrogen and oxygen atoms in total. The maximum Gasteiger partial charge on any atom is 0.0168 e. The van der Waals surface area contributed by atoms with Gasteiger partial charge in [-0.2, -0.15) is 0 Å². The van der Waals surface area contributed by atoms with Gasteiger partial charge >= 0.3 is 0 Å². The minimum absolute atomic E-state index is 0.417. The first kappa shape index (κ1) is 9.47. The molecule has 2 fully saturated rings. The average molecular weight is 182 g/mol. The van der Waals surface area contributed by atoms with Crippen LogP contribution in [0.4, 0.5) is 0 Å². The van der Waals surface area contributed by atoms with Gasteiger partial charge in [0.05, 0.1) is 0 Å². The molecule has 1 saturated carbocycles. The van der Waals surface area contributed by atoms with E-state index in [0.29, 0.717) is 6.04 Å². The van der Waals surface area contributed by atoms with Gasteiger partial charge in [-0.3, -0.25) is 0 Å². The molecule has 1 aliphatic heterocycles. The average Bonchev–Trinajstić information content (AvgIpc) is 2.19. The van der Waals surface area contributed by atoms with Gasteiger partial charge in [0.25, 0.3) is 0 Å². The van der Waals surface area contributed by atoms with Gasteiger partial charge in [-0.05, 0) is 24.8 Å². The highest BCUT2D eigenvalue weighted by Crippen LogP contribution is 2.32. The van der Waals surface area contributed by atoms with E-state index < -0.39 is 0 Å². The van der Waals surface area contributed by atoms with Crippen LogP contribution in [-0.4, -0.2) is 19.1 Å². The zero-order valence-corrected chi connectivity index (χ0v) is 8.47. The molecule has 2 atom stereocenters. The predicted octanol–water partition coefficient (Wildman–Crippen LogP) is 1.50. The van der Waals surface area contributed by atoms with Crippen LogP contribution in [0, 0.1) is 11.8 Å². The third kappa shape index (κ3) is 2.44. The smallest absolute Gasteiger partial charge is 0.0168 e. The van der Waals surface area contributed by atoms with Gasteiger partial charge in [-0.25, -0.2) is 0 Å². The fourth-order valence-corrected chi connectivity index (χ4v) is 2.97. The summed E-state index contributed by atoms with van der Waals surface area (Å²) in [6, 6.07) is 0.417. The highest BCUT2D eigenvalue weighted by Gasteiger charge is 2.27. The van der Waals surface area contributed by atoms with E-state index in [-0.39, 0.29) is 0 Å². The molecule has 0 amide bonds. The number of hydrogen-bond acceptors (Lipinski definition) is 2. The Morgan fingerprint density at radius 3 is 2.38 bits per heavy atom. The number of nitrogens with one attached hydrogen (secondary N) is 1. The largest absolute Gasteiger partial charge is 0.327 e. The van der Waals surface area contributed by atoms with Gasteiger partial charge in [0.2, 0.25) is 0 Å². The van der Waals surface area contributed by atoms with Crippen molar-refractivity contribution in [1.29, 1.82) is 0 Å². The highest BCUT2D eigenvalue weighted by atomic mass is 14.9.